The normalized spacial score (nSPS) is 40.6. The molecule has 0 heterocycles. The Bertz CT molecular complexity index is 125. The lowest BCUT2D eigenvalue weighted by Gasteiger charge is -2.21. The monoisotopic (exact) mass is 175 g/mol. The molecule has 2 rings (SSSR count). The predicted octanol–water partition coefficient (Wildman–Crippen LogP) is 2.21. The Kier molecular flexibility index (Phi) is 3.20. The lowest BCUT2D eigenvalue weighted by molar-refractivity contribution is 0.360. The summed E-state index contributed by atoms with van der Waals surface area (Å²) in [7, 11) is 0. The Morgan fingerprint density at radius 3 is 2.91 bits per heavy atom. The summed E-state index contributed by atoms with van der Waals surface area (Å²) < 4.78 is 0. The summed E-state index contributed by atoms with van der Waals surface area (Å²) in [5.41, 5.74) is 0. The van der Waals surface area contributed by atoms with Crippen molar-refractivity contribution < 1.29 is 0 Å². The van der Waals surface area contributed by atoms with E-state index in [-0.39, 0.29) is 12.4 Å². The van der Waals surface area contributed by atoms with E-state index in [2.05, 4.69) is 12.2 Å². The second kappa shape index (κ2) is 3.77. The van der Waals surface area contributed by atoms with Crippen LogP contribution in [0.5, 0.6) is 0 Å². The summed E-state index contributed by atoms with van der Waals surface area (Å²) in [5, 5.41) is 3.58. The first-order chi connectivity index (χ1) is 4.92. The molecular weight excluding hydrogens is 158 g/mol. The summed E-state index contributed by atoms with van der Waals surface area (Å²) in [4.78, 5) is 0. The third kappa shape index (κ3) is 1.88. The third-order valence-corrected chi connectivity index (χ3v) is 3.05. The molecule has 11 heavy (non-hydrogen) atoms. The zero-order chi connectivity index (χ0) is 6.97. The number of nitrogens with one attached hydrogen (secondary N) is 1. The molecule has 3 unspecified atom stereocenters. The molecule has 0 saturated heterocycles. The van der Waals surface area contributed by atoms with Crippen LogP contribution in [0.15, 0.2) is 0 Å². The van der Waals surface area contributed by atoms with E-state index in [9.17, 15) is 0 Å². The van der Waals surface area contributed by atoms with Crippen LogP contribution in [-0.4, -0.2) is 12.6 Å². The molecule has 0 amide bonds. The highest BCUT2D eigenvalue weighted by molar-refractivity contribution is 5.85. The van der Waals surface area contributed by atoms with Crippen LogP contribution in [0.2, 0.25) is 0 Å². The highest BCUT2D eigenvalue weighted by Gasteiger charge is 2.44. The number of halogens is 1. The predicted molar refractivity (Wildman–Crippen MR) is 50.2 cm³/mol. The fraction of sp³-hybridized carbons (Fsp3) is 1.00. The van der Waals surface area contributed by atoms with E-state index in [0.717, 1.165) is 24.4 Å². The molecule has 2 fully saturated rings. The van der Waals surface area contributed by atoms with Crippen molar-refractivity contribution in [1.29, 1.82) is 0 Å². The molecule has 0 aromatic carbocycles. The highest BCUT2D eigenvalue weighted by Crippen LogP contribution is 2.49. The van der Waals surface area contributed by atoms with Crippen LogP contribution in [-0.2, 0) is 0 Å². The van der Waals surface area contributed by atoms with Gasteiger partial charge in [0.15, 0.2) is 0 Å². The van der Waals surface area contributed by atoms with Gasteiger partial charge in [-0.05, 0) is 31.2 Å². The Labute approximate surface area is 75.4 Å². The lowest BCUT2D eigenvalue weighted by Crippen LogP contribution is -2.33. The zero-order valence-electron chi connectivity index (χ0n) is 7.18. The fourth-order valence-electron chi connectivity index (χ4n) is 2.43. The van der Waals surface area contributed by atoms with Crippen LogP contribution in [0.1, 0.15) is 32.6 Å². The summed E-state index contributed by atoms with van der Waals surface area (Å²) in [6, 6.07) is 0.892. The number of fused-ring (bicyclic) bond motifs is 1. The van der Waals surface area contributed by atoms with Gasteiger partial charge in [0, 0.05) is 6.04 Å². The Morgan fingerprint density at radius 2 is 2.18 bits per heavy atom. The molecule has 0 spiro atoms. The molecule has 3 atom stereocenters. The average molecular weight is 176 g/mol. The Morgan fingerprint density at radius 1 is 1.36 bits per heavy atom. The molecule has 66 valence electrons. The molecule has 2 aliphatic carbocycles. The first-order valence-electron chi connectivity index (χ1n) is 4.65. The van der Waals surface area contributed by atoms with Crippen molar-refractivity contribution in [3.05, 3.63) is 0 Å². The van der Waals surface area contributed by atoms with E-state index < -0.39 is 0 Å². The summed E-state index contributed by atoms with van der Waals surface area (Å²) in [5.74, 6) is 2.20. The molecule has 0 aromatic heterocycles. The second-order valence-electron chi connectivity index (χ2n) is 3.75. The Balaban J connectivity index is 0.000000605. The third-order valence-electron chi connectivity index (χ3n) is 3.05. The van der Waals surface area contributed by atoms with E-state index in [4.69, 9.17) is 0 Å². The Hall–Kier alpha value is 0.250. The molecule has 2 saturated carbocycles. The molecule has 0 radical (unpaired) electrons. The van der Waals surface area contributed by atoms with Crippen LogP contribution in [0.4, 0.5) is 0 Å². The van der Waals surface area contributed by atoms with Gasteiger partial charge in [0.05, 0.1) is 0 Å². The average Bonchev–Trinajstić information content (AvgIpc) is 2.67. The first kappa shape index (κ1) is 9.34. The standard InChI is InChI=1S/C9H17N.ClH/c1-2-10-9-5-3-4-7-6-8(7)9;/h7-10H,2-6H2,1H3;1H. The van der Waals surface area contributed by atoms with Gasteiger partial charge in [0.1, 0.15) is 0 Å². The molecule has 2 heteroatoms. The van der Waals surface area contributed by atoms with Crippen molar-refractivity contribution in [3.8, 4) is 0 Å². The van der Waals surface area contributed by atoms with E-state index in [0.29, 0.717) is 0 Å². The fourth-order valence-corrected chi connectivity index (χ4v) is 2.43. The van der Waals surface area contributed by atoms with Crippen molar-refractivity contribution >= 4 is 12.4 Å². The molecular formula is C9H18ClN. The second-order valence-corrected chi connectivity index (χ2v) is 3.75. The SMILES string of the molecule is CCNC1CCCC2CC21.Cl. The van der Waals surface area contributed by atoms with Gasteiger partial charge in [0.2, 0.25) is 0 Å². The van der Waals surface area contributed by atoms with Gasteiger partial charge in [-0.25, -0.2) is 0 Å². The molecule has 0 aromatic rings. The van der Waals surface area contributed by atoms with E-state index in [1.54, 1.807) is 0 Å². The lowest BCUT2D eigenvalue weighted by atomic mass is 9.95. The van der Waals surface area contributed by atoms with Crippen LogP contribution in [0.3, 0.4) is 0 Å². The summed E-state index contributed by atoms with van der Waals surface area (Å²) in [6.07, 6.45) is 5.96. The van der Waals surface area contributed by atoms with Gasteiger partial charge >= 0.3 is 0 Å². The number of hydrogen-bond donors (Lipinski definition) is 1. The van der Waals surface area contributed by atoms with E-state index >= 15 is 0 Å². The molecule has 1 nitrogen and oxygen atoms in total. The van der Waals surface area contributed by atoms with Gasteiger partial charge in [-0.2, -0.15) is 0 Å². The minimum atomic E-state index is 0. The van der Waals surface area contributed by atoms with Crippen LogP contribution < -0.4 is 5.32 Å². The minimum Gasteiger partial charge on any atom is -0.314 e. The van der Waals surface area contributed by atoms with Crippen molar-refractivity contribution in [2.75, 3.05) is 6.54 Å². The smallest absolute Gasteiger partial charge is 0.00979 e. The van der Waals surface area contributed by atoms with Crippen molar-refractivity contribution in [2.45, 2.75) is 38.6 Å². The van der Waals surface area contributed by atoms with Crippen LogP contribution >= 0.6 is 12.4 Å². The summed E-state index contributed by atoms with van der Waals surface area (Å²) >= 11 is 0. The minimum absolute atomic E-state index is 0. The highest BCUT2D eigenvalue weighted by atomic mass is 35.5. The van der Waals surface area contributed by atoms with Gasteiger partial charge in [0.25, 0.3) is 0 Å². The maximum absolute atomic E-state index is 3.58. The first-order valence-corrected chi connectivity index (χ1v) is 4.65. The van der Waals surface area contributed by atoms with Crippen LogP contribution in [0, 0.1) is 11.8 Å². The summed E-state index contributed by atoms with van der Waals surface area (Å²) in [6.45, 7) is 3.37. The maximum Gasteiger partial charge on any atom is 0.00979 e. The molecule has 0 bridgehead atoms. The van der Waals surface area contributed by atoms with Crippen molar-refractivity contribution in [3.63, 3.8) is 0 Å². The van der Waals surface area contributed by atoms with Gasteiger partial charge in [-0.15, -0.1) is 12.4 Å². The van der Waals surface area contributed by atoms with E-state index in [1.165, 1.54) is 25.7 Å². The van der Waals surface area contributed by atoms with Gasteiger partial charge < -0.3 is 5.32 Å². The van der Waals surface area contributed by atoms with Gasteiger partial charge in [-0.3, -0.25) is 0 Å². The van der Waals surface area contributed by atoms with Crippen LogP contribution in [0.25, 0.3) is 0 Å². The maximum atomic E-state index is 3.58. The number of rotatable bonds is 2. The van der Waals surface area contributed by atoms with E-state index in [1.807, 2.05) is 0 Å². The topological polar surface area (TPSA) is 12.0 Å². The molecule has 2 aliphatic rings. The molecule has 1 N–H and O–H groups in total. The number of hydrogen-bond acceptors (Lipinski definition) is 1. The molecule has 0 aliphatic heterocycles. The van der Waals surface area contributed by atoms with Crippen molar-refractivity contribution in [2.24, 2.45) is 11.8 Å². The zero-order valence-corrected chi connectivity index (χ0v) is 7.99. The van der Waals surface area contributed by atoms with Crippen molar-refractivity contribution in [1.82, 2.24) is 5.32 Å². The van der Waals surface area contributed by atoms with Gasteiger partial charge in [-0.1, -0.05) is 19.8 Å². The largest absolute Gasteiger partial charge is 0.314 e. The quantitative estimate of drug-likeness (QED) is 0.679.